The number of methoxy groups -OCH3 is 2. The first-order valence-corrected chi connectivity index (χ1v) is 15.1. The van der Waals surface area contributed by atoms with Gasteiger partial charge in [-0.15, -0.1) is 0 Å². The zero-order chi connectivity index (χ0) is 28.1. The molecule has 4 fully saturated rings. The summed E-state index contributed by atoms with van der Waals surface area (Å²) in [7, 11) is 3.34. The molecule has 1 saturated heterocycles. The minimum Gasteiger partial charge on any atom is -0.393 e. The van der Waals surface area contributed by atoms with Crippen molar-refractivity contribution in [2.24, 2.45) is 45.3 Å². The summed E-state index contributed by atoms with van der Waals surface area (Å²) in [6.45, 7) is 15.5. The summed E-state index contributed by atoms with van der Waals surface area (Å²) in [6.07, 6.45) is 6.78. The van der Waals surface area contributed by atoms with E-state index in [2.05, 4.69) is 40.7 Å². The molecule has 3 saturated carbocycles. The molecule has 0 aromatic carbocycles. The molecule has 6 heteroatoms. The second kappa shape index (κ2) is 9.25. The van der Waals surface area contributed by atoms with E-state index in [1.807, 2.05) is 13.8 Å². The van der Waals surface area contributed by atoms with Crippen LogP contribution in [0.25, 0.3) is 0 Å². The zero-order valence-electron chi connectivity index (χ0n) is 25.3. The third-order valence-electron chi connectivity index (χ3n) is 13.2. The molecule has 0 aromatic heterocycles. The summed E-state index contributed by atoms with van der Waals surface area (Å²) in [4.78, 5) is 0. The van der Waals surface area contributed by atoms with Crippen LogP contribution in [0, 0.1) is 45.3 Å². The Morgan fingerprint density at radius 1 is 0.974 bits per heavy atom. The lowest BCUT2D eigenvalue weighted by Gasteiger charge is -2.68. The summed E-state index contributed by atoms with van der Waals surface area (Å²) >= 11 is 0. The number of allylic oxidation sites excluding steroid dienone is 1. The van der Waals surface area contributed by atoms with E-state index >= 15 is 0 Å². The van der Waals surface area contributed by atoms with Crippen molar-refractivity contribution in [2.75, 3.05) is 14.2 Å². The van der Waals surface area contributed by atoms with Gasteiger partial charge in [-0.1, -0.05) is 46.3 Å². The van der Waals surface area contributed by atoms with Gasteiger partial charge in [-0.05, 0) is 92.8 Å². The van der Waals surface area contributed by atoms with Crippen LogP contribution in [0.1, 0.15) is 93.4 Å². The highest BCUT2D eigenvalue weighted by Crippen LogP contribution is 2.73. The lowest BCUT2D eigenvalue weighted by molar-refractivity contribution is -0.214. The number of hydrogen-bond donors (Lipinski definition) is 3. The fourth-order valence-electron chi connectivity index (χ4n) is 10.7. The fraction of sp³-hybridized carbons (Fsp3) is 0.938. The molecule has 1 aliphatic heterocycles. The van der Waals surface area contributed by atoms with Crippen molar-refractivity contribution in [3.63, 3.8) is 0 Å². The van der Waals surface area contributed by atoms with Crippen LogP contribution >= 0.6 is 0 Å². The Balaban J connectivity index is 1.44. The van der Waals surface area contributed by atoms with Crippen molar-refractivity contribution >= 4 is 0 Å². The maximum absolute atomic E-state index is 12.0. The molecule has 0 bridgehead atoms. The van der Waals surface area contributed by atoms with Gasteiger partial charge in [0.1, 0.15) is 6.10 Å². The highest BCUT2D eigenvalue weighted by atomic mass is 16.7. The Kier molecular flexibility index (Phi) is 7.06. The number of rotatable bonds is 5. The SMILES string of the molecule is CO[C@@H]1O[C@@H]([C@H](O)C(C)(C)OC)C[C@H]1[C@@H]1CC=C2[C@]3(C)[C@H](O)C[C@H]4C(C)(C)[C@H](O)CC[C@]4(C)[C@H]3CC[C@]21C. The van der Waals surface area contributed by atoms with Crippen LogP contribution in [0.2, 0.25) is 0 Å². The minimum absolute atomic E-state index is 0.0411. The van der Waals surface area contributed by atoms with Crippen LogP contribution in [-0.4, -0.2) is 65.8 Å². The molecule has 6 nitrogen and oxygen atoms in total. The largest absolute Gasteiger partial charge is 0.393 e. The van der Waals surface area contributed by atoms with Gasteiger partial charge >= 0.3 is 0 Å². The molecule has 4 aliphatic carbocycles. The fourth-order valence-corrected chi connectivity index (χ4v) is 10.7. The van der Waals surface area contributed by atoms with Crippen LogP contribution in [0.4, 0.5) is 0 Å². The Hall–Kier alpha value is -0.500. The molecule has 0 radical (unpaired) electrons. The molecule has 0 amide bonds. The van der Waals surface area contributed by atoms with Crippen LogP contribution in [-0.2, 0) is 14.2 Å². The van der Waals surface area contributed by atoms with Crippen LogP contribution in [0.5, 0.6) is 0 Å². The van der Waals surface area contributed by atoms with E-state index in [1.54, 1.807) is 14.2 Å². The van der Waals surface area contributed by atoms with E-state index < -0.39 is 17.8 Å². The first-order valence-electron chi connectivity index (χ1n) is 15.1. The Morgan fingerprint density at radius 2 is 1.66 bits per heavy atom. The van der Waals surface area contributed by atoms with Crippen molar-refractivity contribution in [3.8, 4) is 0 Å². The van der Waals surface area contributed by atoms with Gasteiger partial charge in [0.25, 0.3) is 0 Å². The van der Waals surface area contributed by atoms with Gasteiger partial charge in [0.05, 0.1) is 23.9 Å². The van der Waals surface area contributed by atoms with Gasteiger partial charge in [0.15, 0.2) is 6.29 Å². The second-order valence-corrected chi connectivity index (χ2v) is 15.4. The molecule has 38 heavy (non-hydrogen) atoms. The van der Waals surface area contributed by atoms with E-state index in [1.165, 1.54) is 5.57 Å². The Morgan fingerprint density at radius 3 is 2.29 bits per heavy atom. The predicted molar refractivity (Wildman–Crippen MR) is 147 cm³/mol. The lowest BCUT2D eigenvalue weighted by atomic mass is 9.37. The number of ether oxygens (including phenoxy) is 3. The van der Waals surface area contributed by atoms with E-state index in [-0.39, 0.29) is 46.1 Å². The van der Waals surface area contributed by atoms with E-state index in [0.717, 1.165) is 44.9 Å². The highest BCUT2D eigenvalue weighted by molar-refractivity contribution is 5.36. The van der Waals surface area contributed by atoms with E-state index in [0.29, 0.717) is 17.8 Å². The molecule has 218 valence electrons. The topological polar surface area (TPSA) is 88.4 Å². The summed E-state index contributed by atoms with van der Waals surface area (Å²) in [5.41, 5.74) is 0.333. The maximum atomic E-state index is 12.0. The van der Waals surface area contributed by atoms with Crippen molar-refractivity contribution < 1.29 is 29.5 Å². The van der Waals surface area contributed by atoms with Gasteiger partial charge < -0.3 is 29.5 Å². The first kappa shape index (κ1) is 29.0. The van der Waals surface area contributed by atoms with Crippen molar-refractivity contribution in [1.82, 2.24) is 0 Å². The molecule has 0 unspecified atom stereocenters. The van der Waals surface area contributed by atoms with Crippen LogP contribution in [0.3, 0.4) is 0 Å². The van der Waals surface area contributed by atoms with Crippen LogP contribution in [0.15, 0.2) is 11.6 Å². The van der Waals surface area contributed by atoms with Gasteiger partial charge in [0.2, 0.25) is 0 Å². The molecular weight excluding hydrogens is 480 g/mol. The standard InChI is InChI=1S/C32H54O6/c1-28(2)23-17-25(34)32(7)21-11-10-19(18-16-20(38-27(18)36-8)26(35)29(3,4)37-9)30(21,5)14-12-22(32)31(23,6)15-13-24(28)33/h11,18-20,22-27,33-35H,10,12-17H2,1-9H3/t18-,19-,20+,22+,23-,24+,25+,26-,27+,30-,31+,32-/m0/s1. The van der Waals surface area contributed by atoms with E-state index in [4.69, 9.17) is 14.2 Å². The minimum atomic E-state index is -0.743. The Labute approximate surface area is 230 Å². The molecule has 0 spiro atoms. The Bertz CT molecular complexity index is 944. The van der Waals surface area contributed by atoms with Gasteiger partial charge in [-0.25, -0.2) is 0 Å². The number of aliphatic hydroxyl groups is 3. The number of aliphatic hydroxyl groups excluding tert-OH is 3. The quantitative estimate of drug-likeness (QED) is 0.426. The predicted octanol–water partition coefficient (Wildman–Crippen LogP) is 5.09. The number of hydrogen-bond acceptors (Lipinski definition) is 6. The zero-order valence-corrected chi connectivity index (χ0v) is 25.3. The van der Waals surface area contributed by atoms with E-state index in [9.17, 15) is 15.3 Å². The first-order chi connectivity index (χ1) is 17.6. The third-order valence-corrected chi connectivity index (χ3v) is 13.2. The van der Waals surface area contributed by atoms with Gasteiger partial charge in [-0.3, -0.25) is 0 Å². The molecule has 5 rings (SSSR count). The number of fused-ring (bicyclic) bond motifs is 5. The molecule has 12 atom stereocenters. The van der Waals surface area contributed by atoms with Crippen molar-refractivity contribution in [3.05, 3.63) is 11.6 Å². The smallest absolute Gasteiger partial charge is 0.160 e. The van der Waals surface area contributed by atoms with Crippen molar-refractivity contribution in [2.45, 2.75) is 130 Å². The lowest BCUT2D eigenvalue weighted by Crippen LogP contribution is -2.65. The van der Waals surface area contributed by atoms with Gasteiger partial charge in [-0.2, -0.15) is 0 Å². The van der Waals surface area contributed by atoms with Gasteiger partial charge in [0, 0.05) is 25.6 Å². The maximum Gasteiger partial charge on any atom is 0.160 e. The summed E-state index contributed by atoms with van der Waals surface area (Å²) < 4.78 is 17.8. The second-order valence-electron chi connectivity index (χ2n) is 15.4. The molecule has 1 heterocycles. The van der Waals surface area contributed by atoms with Crippen LogP contribution < -0.4 is 0 Å². The normalized spacial score (nSPS) is 51.1. The molecule has 0 aromatic rings. The molecule has 5 aliphatic rings. The summed E-state index contributed by atoms with van der Waals surface area (Å²) in [6, 6.07) is 0. The highest BCUT2D eigenvalue weighted by Gasteiger charge is 2.69. The molecular formula is C32H54O6. The summed E-state index contributed by atoms with van der Waals surface area (Å²) in [5.74, 6) is 1.20. The molecule has 3 N–H and O–H groups in total. The van der Waals surface area contributed by atoms with Crippen molar-refractivity contribution in [1.29, 1.82) is 0 Å². The monoisotopic (exact) mass is 534 g/mol. The average molecular weight is 535 g/mol. The summed E-state index contributed by atoms with van der Waals surface area (Å²) in [5, 5.41) is 34.0. The average Bonchev–Trinajstić information content (AvgIpc) is 3.44. The third kappa shape index (κ3) is 3.80.